The fourth-order valence-electron chi connectivity index (χ4n) is 3.90. The van der Waals surface area contributed by atoms with E-state index in [1.165, 1.54) is 6.92 Å². The number of hydrogen-bond acceptors (Lipinski definition) is 5. The third kappa shape index (κ3) is 6.42. The third-order valence-electron chi connectivity index (χ3n) is 5.32. The summed E-state index contributed by atoms with van der Waals surface area (Å²) in [6.45, 7) is 13.8. The van der Waals surface area contributed by atoms with Crippen LogP contribution in [0, 0.1) is 11.3 Å². The van der Waals surface area contributed by atoms with Crippen molar-refractivity contribution < 1.29 is 24.0 Å². The van der Waals surface area contributed by atoms with Gasteiger partial charge >= 0.3 is 0 Å². The number of carbonyl (C=O) groups is 4. The first-order valence-corrected chi connectivity index (χ1v) is 10.5. The molecule has 2 saturated heterocycles. The second-order valence-electron chi connectivity index (χ2n) is 10.3. The zero-order chi connectivity index (χ0) is 22.9. The van der Waals surface area contributed by atoms with Crippen molar-refractivity contribution in [2.45, 2.75) is 79.0 Å². The number of carbonyl (C=O) groups excluding carboxylic acids is 4. The summed E-state index contributed by atoms with van der Waals surface area (Å²) in [5.41, 5.74) is -0.953. The molecule has 2 heterocycles. The molecule has 0 radical (unpaired) electrons. The Labute approximate surface area is 178 Å². The molecule has 2 fully saturated rings. The van der Waals surface area contributed by atoms with E-state index >= 15 is 0 Å². The highest BCUT2D eigenvalue weighted by Crippen LogP contribution is 2.27. The van der Waals surface area contributed by atoms with Gasteiger partial charge in [0, 0.05) is 26.1 Å². The first kappa shape index (κ1) is 24.1. The number of nitrogens with zero attached hydrogens (tertiary/aromatic N) is 2. The lowest BCUT2D eigenvalue weighted by Crippen LogP contribution is -2.60. The molecule has 2 aliphatic rings. The van der Waals surface area contributed by atoms with E-state index < -0.39 is 11.6 Å². The molecule has 0 bridgehead atoms. The average Bonchev–Trinajstić information content (AvgIpc) is 2.77. The molecule has 0 saturated carbocycles. The average molecular weight is 425 g/mol. The molecule has 0 spiro atoms. The van der Waals surface area contributed by atoms with Gasteiger partial charge in [-0.15, -0.1) is 0 Å². The highest BCUT2D eigenvalue weighted by Gasteiger charge is 2.41. The summed E-state index contributed by atoms with van der Waals surface area (Å²) in [6.07, 6.45) is 0.992. The lowest BCUT2D eigenvalue weighted by molar-refractivity contribution is -0.192. The molecular formula is C21H36N4O5. The molecule has 0 aliphatic carbocycles. The summed E-state index contributed by atoms with van der Waals surface area (Å²) in [6, 6.07) is -0.644. The van der Waals surface area contributed by atoms with E-state index in [1.54, 1.807) is 4.90 Å². The van der Waals surface area contributed by atoms with E-state index in [4.69, 9.17) is 4.84 Å². The Morgan fingerprint density at radius 3 is 2.27 bits per heavy atom. The van der Waals surface area contributed by atoms with E-state index in [0.717, 1.165) is 11.5 Å². The predicted octanol–water partition coefficient (Wildman–Crippen LogP) is 0.833. The van der Waals surface area contributed by atoms with E-state index in [9.17, 15) is 19.2 Å². The van der Waals surface area contributed by atoms with Crippen molar-refractivity contribution in [3.05, 3.63) is 0 Å². The van der Waals surface area contributed by atoms with Crippen LogP contribution in [0.3, 0.4) is 0 Å². The fraction of sp³-hybridized carbons (Fsp3) is 0.810. The Morgan fingerprint density at radius 2 is 1.80 bits per heavy atom. The smallest absolute Gasteiger partial charge is 0.249 e. The number of hydrogen-bond donors (Lipinski definition) is 2. The molecule has 0 aromatic heterocycles. The van der Waals surface area contributed by atoms with Gasteiger partial charge in [0.1, 0.15) is 12.6 Å². The normalized spacial score (nSPS) is 21.1. The zero-order valence-electron chi connectivity index (χ0n) is 19.2. The highest BCUT2D eigenvalue weighted by atomic mass is 16.7. The number of rotatable bonds is 7. The third-order valence-corrected chi connectivity index (χ3v) is 5.32. The lowest BCUT2D eigenvalue weighted by Gasteiger charge is -2.44. The Hall–Kier alpha value is -2.16. The number of amides is 4. The molecular weight excluding hydrogens is 388 g/mol. The van der Waals surface area contributed by atoms with Crippen LogP contribution in [0.2, 0.25) is 0 Å². The SMILES string of the molecule is CC(=O)N[C@H](C(=O)N1CC(CC(C)NC(=O)CN2OC(C)(C)CC2=O)C1)C(C)(C)C. The first-order chi connectivity index (χ1) is 13.7. The zero-order valence-corrected chi connectivity index (χ0v) is 19.2. The Kier molecular flexibility index (Phi) is 7.16. The molecule has 170 valence electrons. The molecule has 2 rings (SSSR count). The van der Waals surface area contributed by atoms with Gasteiger partial charge in [-0.1, -0.05) is 20.8 Å². The van der Waals surface area contributed by atoms with Gasteiger partial charge in [0.2, 0.25) is 23.6 Å². The fourth-order valence-corrected chi connectivity index (χ4v) is 3.90. The van der Waals surface area contributed by atoms with Crippen molar-refractivity contribution in [2.24, 2.45) is 11.3 Å². The summed E-state index contributed by atoms with van der Waals surface area (Å²) in [5, 5.41) is 6.79. The summed E-state index contributed by atoms with van der Waals surface area (Å²) in [5.74, 6) is -0.466. The number of nitrogens with one attached hydrogen (secondary N) is 2. The Morgan fingerprint density at radius 1 is 1.20 bits per heavy atom. The molecule has 0 aromatic rings. The topological polar surface area (TPSA) is 108 Å². The van der Waals surface area contributed by atoms with Gasteiger partial charge in [-0.3, -0.25) is 24.0 Å². The second-order valence-corrected chi connectivity index (χ2v) is 10.3. The van der Waals surface area contributed by atoms with E-state index in [1.807, 2.05) is 41.5 Å². The van der Waals surface area contributed by atoms with Gasteiger partial charge in [0.25, 0.3) is 0 Å². The van der Waals surface area contributed by atoms with Crippen molar-refractivity contribution in [1.82, 2.24) is 20.6 Å². The van der Waals surface area contributed by atoms with Crippen LogP contribution in [0.25, 0.3) is 0 Å². The maximum atomic E-state index is 12.8. The summed E-state index contributed by atoms with van der Waals surface area (Å²) in [4.78, 5) is 55.6. The second kappa shape index (κ2) is 8.91. The Balaban J connectivity index is 1.76. The summed E-state index contributed by atoms with van der Waals surface area (Å²) < 4.78 is 0. The molecule has 4 amide bonds. The molecule has 1 unspecified atom stereocenters. The van der Waals surface area contributed by atoms with Gasteiger partial charge in [-0.25, -0.2) is 5.06 Å². The molecule has 2 atom stereocenters. The van der Waals surface area contributed by atoms with Gasteiger partial charge in [0.05, 0.1) is 12.0 Å². The van der Waals surface area contributed by atoms with Crippen LogP contribution >= 0.6 is 0 Å². The minimum atomic E-state index is -0.576. The number of hydroxylamine groups is 2. The minimum absolute atomic E-state index is 0.0713. The largest absolute Gasteiger partial charge is 0.352 e. The van der Waals surface area contributed by atoms with E-state index in [0.29, 0.717) is 13.1 Å². The van der Waals surface area contributed by atoms with Crippen LogP contribution in [0.1, 0.15) is 61.3 Å². The predicted molar refractivity (Wildman–Crippen MR) is 111 cm³/mol. The number of likely N-dealkylation sites (tertiary alicyclic amines) is 1. The maximum absolute atomic E-state index is 12.8. The van der Waals surface area contributed by atoms with E-state index in [2.05, 4.69) is 10.6 Å². The van der Waals surface area contributed by atoms with Gasteiger partial charge in [-0.05, 0) is 38.5 Å². The van der Waals surface area contributed by atoms with Crippen LogP contribution < -0.4 is 10.6 Å². The van der Waals surface area contributed by atoms with Crippen molar-refractivity contribution >= 4 is 23.6 Å². The quantitative estimate of drug-likeness (QED) is 0.629. The summed E-state index contributed by atoms with van der Waals surface area (Å²) >= 11 is 0. The van der Waals surface area contributed by atoms with Gasteiger partial charge < -0.3 is 15.5 Å². The molecule has 0 aromatic carbocycles. The van der Waals surface area contributed by atoms with Crippen molar-refractivity contribution in [3.8, 4) is 0 Å². The van der Waals surface area contributed by atoms with Crippen LogP contribution in [0.4, 0.5) is 0 Å². The highest BCUT2D eigenvalue weighted by molar-refractivity contribution is 5.88. The summed E-state index contributed by atoms with van der Waals surface area (Å²) in [7, 11) is 0. The standard InChI is InChI=1S/C21H36N4O5/c1-13(22-16(27)12-25-17(28)9-21(6,7)30-25)8-15-10-24(11-15)19(29)18(20(3,4)5)23-14(2)26/h13,15,18H,8-12H2,1-7H3,(H,22,27)(H,23,26)/t13?,18-/m1/s1. The maximum Gasteiger partial charge on any atom is 0.249 e. The van der Waals surface area contributed by atoms with Crippen LogP contribution in [-0.2, 0) is 24.0 Å². The van der Waals surface area contributed by atoms with Gasteiger partial charge in [-0.2, -0.15) is 0 Å². The van der Waals surface area contributed by atoms with Crippen LogP contribution in [0.5, 0.6) is 0 Å². The van der Waals surface area contributed by atoms with Crippen molar-refractivity contribution in [3.63, 3.8) is 0 Å². The van der Waals surface area contributed by atoms with Crippen LogP contribution in [0.15, 0.2) is 0 Å². The lowest BCUT2D eigenvalue weighted by atomic mass is 9.83. The van der Waals surface area contributed by atoms with E-state index in [-0.39, 0.29) is 54.0 Å². The van der Waals surface area contributed by atoms with Crippen LogP contribution in [-0.4, -0.2) is 70.9 Å². The molecule has 9 heteroatoms. The first-order valence-electron chi connectivity index (χ1n) is 10.5. The minimum Gasteiger partial charge on any atom is -0.352 e. The van der Waals surface area contributed by atoms with Crippen molar-refractivity contribution in [2.75, 3.05) is 19.6 Å². The molecule has 2 aliphatic heterocycles. The monoisotopic (exact) mass is 424 g/mol. The molecule has 2 N–H and O–H groups in total. The van der Waals surface area contributed by atoms with Crippen molar-refractivity contribution in [1.29, 1.82) is 0 Å². The Bertz CT molecular complexity index is 694. The molecule has 30 heavy (non-hydrogen) atoms. The molecule has 9 nitrogen and oxygen atoms in total. The van der Waals surface area contributed by atoms with Gasteiger partial charge in [0.15, 0.2) is 0 Å².